The number of non-ortho nitro benzene ring substituents is 1. The number of anilines is 1. The average molecular weight is 527 g/mol. The van der Waals surface area contributed by atoms with Gasteiger partial charge in [0, 0.05) is 44.1 Å². The molecule has 1 aromatic carbocycles. The van der Waals surface area contributed by atoms with Crippen molar-refractivity contribution >= 4 is 44.4 Å². The minimum atomic E-state index is -0.551. The number of Topliss-reactive ketones (excluding diaryl/α,β-unsaturated/α-hetero) is 1. The van der Waals surface area contributed by atoms with E-state index in [9.17, 15) is 20.2 Å². The van der Waals surface area contributed by atoms with Gasteiger partial charge in [0.1, 0.15) is 5.82 Å². The number of rotatable bonds is 4. The third-order valence-corrected chi connectivity index (χ3v) is 8.38. The summed E-state index contributed by atoms with van der Waals surface area (Å²) in [6, 6.07) is 10.3. The van der Waals surface area contributed by atoms with E-state index in [-0.39, 0.29) is 28.3 Å². The third kappa shape index (κ3) is 3.98. The van der Waals surface area contributed by atoms with E-state index >= 15 is 0 Å². The summed E-state index contributed by atoms with van der Waals surface area (Å²) >= 11 is 5.16. The van der Waals surface area contributed by atoms with Crippen molar-refractivity contribution in [2.75, 3.05) is 4.90 Å². The van der Waals surface area contributed by atoms with Gasteiger partial charge in [0.15, 0.2) is 5.78 Å². The van der Waals surface area contributed by atoms with Gasteiger partial charge < -0.3 is 5.73 Å². The second-order valence-electron chi connectivity index (χ2n) is 9.03. The number of nitro benzene ring substituents is 1. The molecule has 2 aliphatic rings. The molecule has 0 fully saturated rings. The molecule has 1 unspecified atom stereocenters. The topological polar surface area (TPSA) is 113 Å². The molecule has 0 radical (unpaired) electrons. The summed E-state index contributed by atoms with van der Waals surface area (Å²) in [7, 11) is 0. The second-order valence-corrected chi connectivity index (χ2v) is 11.1. The van der Waals surface area contributed by atoms with Crippen molar-refractivity contribution in [1.82, 2.24) is 0 Å². The van der Waals surface area contributed by atoms with Crippen molar-refractivity contribution in [3.8, 4) is 6.07 Å². The largest absolute Gasteiger partial charge is 0.384 e. The fourth-order valence-electron chi connectivity index (χ4n) is 4.64. The molecule has 0 spiro atoms. The van der Waals surface area contributed by atoms with Gasteiger partial charge in [0.05, 0.1) is 28.2 Å². The van der Waals surface area contributed by atoms with Crippen LogP contribution in [0.4, 0.5) is 11.4 Å². The molecular formula is C24H23BrN4O3S. The zero-order valence-corrected chi connectivity index (χ0v) is 20.9. The Kier molecular flexibility index (Phi) is 5.93. The fourth-order valence-corrected chi connectivity index (χ4v) is 6.68. The number of nitrogens with two attached hydrogens (primary N) is 1. The highest BCUT2D eigenvalue weighted by molar-refractivity contribution is 9.10. The Labute approximate surface area is 204 Å². The van der Waals surface area contributed by atoms with Crippen LogP contribution in [0, 0.1) is 26.9 Å². The highest BCUT2D eigenvalue weighted by Gasteiger charge is 2.45. The number of allylic oxidation sites excluding steroid dienone is 3. The minimum absolute atomic E-state index is 0.0236. The van der Waals surface area contributed by atoms with Crippen LogP contribution in [0.1, 0.15) is 49.3 Å². The molecule has 0 bridgehead atoms. The predicted molar refractivity (Wildman–Crippen MR) is 132 cm³/mol. The normalized spacial score (nSPS) is 20.0. The van der Waals surface area contributed by atoms with Gasteiger partial charge in [-0.2, -0.15) is 5.26 Å². The van der Waals surface area contributed by atoms with Crippen LogP contribution in [-0.4, -0.2) is 10.7 Å². The minimum Gasteiger partial charge on any atom is -0.384 e. The smallest absolute Gasteiger partial charge is 0.271 e. The Balaban J connectivity index is 2.00. The van der Waals surface area contributed by atoms with Crippen molar-refractivity contribution in [3.63, 3.8) is 0 Å². The zero-order valence-electron chi connectivity index (χ0n) is 18.5. The Morgan fingerprint density at radius 2 is 2.09 bits per heavy atom. The lowest BCUT2D eigenvalue weighted by molar-refractivity contribution is -0.384. The maximum atomic E-state index is 13.5. The number of ketones is 1. The van der Waals surface area contributed by atoms with Crippen LogP contribution in [0.3, 0.4) is 0 Å². The molecule has 2 aromatic rings. The molecule has 0 saturated carbocycles. The number of carbonyl (C=O) groups is 1. The van der Waals surface area contributed by atoms with E-state index in [1.54, 1.807) is 28.4 Å². The predicted octanol–water partition coefficient (Wildman–Crippen LogP) is 5.92. The van der Waals surface area contributed by atoms with Crippen LogP contribution >= 0.6 is 27.3 Å². The summed E-state index contributed by atoms with van der Waals surface area (Å²) < 4.78 is 0.952. The molecule has 170 valence electrons. The maximum Gasteiger partial charge on any atom is 0.271 e. The first kappa shape index (κ1) is 23.2. The Morgan fingerprint density at radius 3 is 2.70 bits per heavy atom. The number of carbonyl (C=O) groups excluding carboxylic acids is 1. The molecule has 4 rings (SSSR count). The molecule has 9 heteroatoms. The van der Waals surface area contributed by atoms with Gasteiger partial charge in [-0.1, -0.05) is 26.8 Å². The van der Waals surface area contributed by atoms with E-state index in [2.05, 4.69) is 28.9 Å². The summed E-state index contributed by atoms with van der Waals surface area (Å²) in [4.78, 5) is 28.1. The Hall–Kier alpha value is -2.96. The second kappa shape index (κ2) is 8.43. The van der Waals surface area contributed by atoms with Crippen LogP contribution in [0.15, 0.2) is 57.5 Å². The van der Waals surface area contributed by atoms with Crippen molar-refractivity contribution < 1.29 is 9.72 Å². The number of aryl methyl sites for hydroxylation is 1. The van der Waals surface area contributed by atoms with E-state index in [0.717, 1.165) is 20.6 Å². The van der Waals surface area contributed by atoms with Crippen molar-refractivity contribution in [3.05, 3.63) is 77.3 Å². The van der Waals surface area contributed by atoms with E-state index < -0.39 is 10.8 Å². The molecule has 2 N–H and O–H groups in total. The molecule has 1 atom stereocenters. The summed E-state index contributed by atoms with van der Waals surface area (Å²) in [5.74, 6) is -0.371. The molecule has 0 saturated heterocycles. The van der Waals surface area contributed by atoms with Gasteiger partial charge in [-0.05, 0) is 46.3 Å². The number of thiophene rings is 1. The van der Waals surface area contributed by atoms with Gasteiger partial charge in [-0.3, -0.25) is 19.8 Å². The number of nitriles is 1. The maximum absolute atomic E-state index is 13.5. The molecule has 7 nitrogen and oxygen atoms in total. The Morgan fingerprint density at radius 1 is 1.36 bits per heavy atom. The monoisotopic (exact) mass is 526 g/mol. The lowest BCUT2D eigenvalue weighted by Gasteiger charge is -2.43. The number of nitrogens with zero attached hydrogens (tertiary/aromatic N) is 3. The van der Waals surface area contributed by atoms with E-state index in [1.807, 2.05) is 19.9 Å². The summed E-state index contributed by atoms with van der Waals surface area (Å²) in [6.45, 7) is 6.09. The lowest BCUT2D eigenvalue weighted by atomic mass is 9.69. The standard InChI is InChI=1S/C24H23BrN4O3S/c1-4-19-16(25)9-20(33-19)21-15(12-26)23(27)28(13-6-5-7-14(8-13)29(31)32)17-10-24(2,3)11-18(30)22(17)21/h5-9,21H,4,10-11,27H2,1-3H3. The summed E-state index contributed by atoms with van der Waals surface area (Å²) in [5, 5.41) is 21.5. The fraction of sp³-hybridized carbons (Fsp3) is 0.333. The molecule has 1 aliphatic heterocycles. The SMILES string of the molecule is CCc1sc(C2C(C#N)=C(N)N(c3cccc([N+](=O)[O-])c3)C3=C2C(=O)CC(C)(C)C3)cc1Br. The molecular weight excluding hydrogens is 504 g/mol. The number of benzene rings is 1. The van der Waals surface area contributed by atoms with E-state index in [1.165, 1.54) is 12.1 Å². The number of hydrogen-bond acceptors (Lipinski definition) is 7. The van der Waals surface area contributed by atoms with Crippen LogP contribution < -0.4 is 10.6 Å². The highest BCUT2D eigenvalue weighted by Crippen LogP contribution is 2.52. The van der Waals surface area contributed by atoms with Crippen LogP contribution in [0.25, 0.3) is 0 Å². The lowest BCUT2D eigenvalue weighted by Crippen LogP contribution is -2.42. The van der Waals surface area contributed by atoms with Crippen molar-refractivity contribution in [2.45, 2.75) is 46.0 Å². The van der Waals surface area contributed by atoms with Gasteiger partial charge in [0.2, 0.25) is 0 Å². The van der Waals surface area contributed by atoms with Crippen molar-refractivity contribution in [2.24, 2.45) is 11.1 Å². The zero-order chi connectivity index (χ0) is 24.1. The molecule has 0 amide bonds. The number of halogens is 1. The molecule has 1 aromatic heterocycles. The summed E-state index contributed by atoms with van der Waals surface area (Å²) in [6.07, 6.45) is 1.74. The van der Waals surface area contributed by atoms with Crippen LogP contribution in [-0.2, 0) is 11.2 Å². The van der Waals surface area contributed by atoms with Crippen molar-refractivity contribution in [1.29, 1.82) is 5.26 Å². The molecule has 2 heterocycles. The molecule has 33 heavy (non-hydrogen) atoms. The number of hydrogen-bond donors (Lipinski definition) is 1. The molecule has 1 aliphatic carbocycles. The Bertz CT molecular complexity index is 1280. The van der Waals surface area contributed by atoms with Gasteiger partial charge in [-0.25, -0.2) is 0 Å². The van der Waals surface area contributed by atoms with Gasteiger partial charge >= 0.3 is 0 Å². The van der Waals surface area contributed by atoms with E-state index in [4.69, 9.17) is 5.73 Å². The number of nitro groups is 1. The van der Waals surface area contributed by atoms with Gasteiger partial charge in [0.25, 0.3) is 5.69 Å². The quantitative estimate of drug-likeness (QED) is 0.390. The first-order chi connectivity index (χ1) is 15.6. The average Bonchev–Trinajstić information content (AvgIpc) is 3.12. The van der Waals surface area contributed by atoms with Crippen LogP contribution in [0.2, 0.25) is 0 Å². The first-order valence-corrected chi connectivity index (χ1v) is 12.2. The van der Waals surface area contributed by atoms with Gasteiger partial charge in [-0.15, -0.1) is 11.3 Å². The third-order valence-electron chi connectivity index (χ3n) is 6.06. The van der Waals surface area contributed by atoms with E-state index in [0.29, 0.717) is 29.8 Å². The first-order valence-electron chi connectivity index (χ1n) is 10.6. The summed E-state index contributed by atoms with van der Waals surface area (Å²) in [5.41, 5.74) is 8.22. The highest BCUT2D eigenvalue weighted by atomic mass is 79.9. The van der Waals surface area contributed by atoms with Crippen LogP contribution in [0.5, 0.6) is 0 Å².